The molecule has 164 valence electrons. The molecule has 4 rings (SSSR count). The Bertz CT molecular complexity index is 1060. The van der Waals surface area contributed by atoms with Crippen molar-refractivity contribution in [1.82, 2.24) is 9.88 Å². The summed E-state index contributed by atoms with van der Waals surface area (Å²) in [5, 5.41) is 0.583. The van der Waals surface area contributed by atoms with E-state index in [2.05, 4.69) is 0 Å². The molecule has 0 saturated heterocycles. The van der Waals surface area contributed by atoms with E-state index in [1.807, 2.05) is 31.1 Å². The second-order valence-electron chi connectivity index (χ2n) is 7.26. The molecule has 1 aromatic heterocycles. The molecule has 1 amide bonds. The van der Waals surface area contributed by atoms with Crippen LogP contribution in [0.15, 0.2) is 30.3 Å². The van der Waals surface area contributed by atoms with Gasteiger partial charge in [-0.25, -0.2) is 4.98 Å². The molecule has 2 heterocycles. The number of hydrogen-bond acceptors (Lipinski definition) is 8. The highest BCUT2D eigenvalue weighted by molar-refractivity contribution is 7.22. The van der Waals surface area contributed by atoms with E-state index in [0.29, 0.717) is 65.5 Å². The minimum Gasteiger partial charge on any atom is -0.495 e. The van der Waals surface area contributed by atoms with E-state index in [0.717, 1.165) is 4.70 Å². The third-order valence-electron chi connectivity index (χ3n) is 4.93. The summed E-state index contributed by atoms with van der Waals surface area (Å²) < 4.78 is 23.0. The first-order valence-electron chi connectivity index (χ1n) is 9.89. The van der Waals surface area contributed by atoms with Crippen molar-refractivity contribution in [2.75, 3.05) is 59.5 Å². The van der Waals surface area contributed by atoms with Crippen LogP contribution in [-0.2, 0) is 0 Å². The maximum absolute atomic E-state index is 13.5. The molecule has 3 aromatic rings. The van der Waals surface area contributed by atoms with E-state index in [1.165, 1.54) is 11.3 Å². The molecule has 0 atom stereocenters. The fraction of sp³-hybridized carbons (Fsp3) is 0.364. The number of carbonyl (C=O) groups excluding carboxylic acids is 1. The number of hydrogen-bond donors (Lipinski definition) is 0. The summed E-state index contributed by atoms with van der Waals surface area (Å²) in [5.74, 6) is 2.40. The summed E-state index contributed by atoms with van der Waals surface area (Å²) in [6, 6.07) is 8.92. The lowest BCUT2D eigenvalue weighted by molar-refractivity contribution is 0.0984. The van der Waals surface area contributed by atoms with Gasteiger partial charge in [-0.2, -0.15) is 0 Å². The number of anilines is 1. The summed E-state index contributed by atoms with van der Waals surface area (Å²) >= 11 is 1.40. The number of rotatable bonds is 7. The van der Waals surface area contributed by atoms with Crippen molar-refractivity contribution in [3.63, 3.8) is 0 Å². The highest BCUT2D eigenvalue weighted by Gasteiger charge is 2.25. The number of ether oxygens (including phenoxy) is 4. The molecular formula is C22H25N3O5S. The highest BCUT2D eigenvalue weighted by atomic mass is 32.1. The Hall–Kier alpha value is -3.04. The second kappa shape index (κ2) is 8.99. The lowest BCUT2D eigenvalue weighted by Crippen LogP contribution is -2.36. The summed E-state index contributed by atoms with van der Waals surface area (Å²) in [6.07, 6.45) is 0. The van der Waals surface area contributed by atoms with Gasteiger partial charge in [0.1, 0.15) is 34.9 Å². The van der Waals surface area contributed by atoms with E-state index in [9.17, 15) is 4.79 Å². The first-order valence-corrected chi connectivity index (χ1v) is 10.7. The van der Waals surface area contributed by atoms with Crippen LogP contribution in [0.4, 0.5) is 5.13 Å². The average Bonchev–Trinajstić information content (AvgIpc) is 3.23. The Morgan fingerprint density at radius 2 is 1.74 bits per heavy atom. The Morgan fingerprint density at radius 3 is 2.45 bits per heavy atom. The number of benzene rings is 2. The number of aromatic nitrogens is 1. The second-order valence-corrected chi connectivity index (χ2v) is 8.24. The number of carbonyl (C=O) groups is 1. The molecule has 8 nitrogen and oxygen atoms in total. The molecule has 9 heteroatoms. The SMILES string of the molecule is COc1ccc(OC)c2sc(N(CCN(C)C)C(=O)c3ccc4c(c3)OCCO4)nc12. The van der Waals surface area contributed by atoms with Gasteiger partial charge >= 0.3 is 0 Å². The van der Waals surface area contributed by atoms with Gasteiger partial charge in [-0.15, -0.1) is 0 Å². The highest BCUT2D eigenvalue weighted by Crippen LogP contribution is 2.40. The van der Waals surface area contributed by atoms with E-state index in [1.54, 1.807) is 37.3 Å². The number of amides is 1. The predicted octanol–water partition coefficient (Wildman–Crippen LogP) is 3.29. The molecule has 0 bridgehead atoms. The third kappa shape index (κ3) is 4.24. The molecule has 2 aromatic carbocycles. The summed E-state index contributed by atoms with van der Waals surface area (Å²) in [5.41, 5.74) is 1.19. The van der Waals surface area contributed by atoms with Crippen LogP contribution in [0.3, 0.4) is 0 Å². The summed E-state index contributed by atoms with van der Waals surface area (Å²) in [7, 11) is 7.16. The van der Waals surface area contributed by atoms with Gasteiger partial charge in [0, 0.05) is 18.7 Å². The molecule has 0 spiro atoms. The zero-order valence-corrected chi connectivity index (χ0v) is 18.8. The molecule has 0 N–H and O–H groups in total. The molecule has 1 aliphatic heterocycles. The van der Waals surface area contributed by atoms with Gasteiger partial charge in [-0.3, -0.25) is 9.69 Å². The van der Waals surface area contributed by atoms with Gasteiger partial charge in [0.05, 0.1) is 14.2 Å². The molecule has 31 heavy (non-hydrogen) atoms. The summed E-state index contributed by atoms with van der Waals surface area (Å²) in [6.45, 7) is 2.13. The molecular weight excluding hydrogens is 418 g/mol. The fourth-order valence-corrected chi connectivity index (χ4v) is 4.40. The average molecular weight is 444 g/mol. The number of thiazole rings is 1. The van der Waals surface area contributed by atoms with Crippen molar-refractivity contribution < 1.29 is 23.7 Å². The van der Waals surface area contributed by atoms with Gasteiger partial charge in [-0.1, -0.05) is 11.3 Å². The van der Waals surface area contributed by atoms with Crippen molar-refractivity contribution >= 4 is 32.6 Å². The molecule has 1 aliphatic rings. The van der Waals surface area contributed by atoms with Gasteiger partial charge in [0.2, 0.25) is 0 Å². The van der Waals surface area contributed by atoms with Crippen LogP contribution in [0.5, 0.6) is 23.0 Å². The first kappa shape index (κ1) is 21.2. The van der Waals surface area contributed by atoms with Gasteiger partial charge < -0.3 is 23.8 Å². The van der Waals surface area contributed by atoms with E-state index < -0.39 is 0 Å². The third-order valence-corrected chi connectivity index (χ3v) is 6.03. The number of nitrogens with zero attached hydrogens (tertiary/aromatic N) is 3. The van der Waals surface area contributed by atoms with Crippen LogP contribution < -0.4 is 23.8 Å². The van der Waals surface area contributed by atoms with Crippen molar-refractivity contribution in [1.29, 1.82) is 0 Å². The maximum Gasteiger partial charge on any atom is 0.260 e. The predicted molar refractivity (Wildman–Crippen MR) is 120 cm³/mol. The normalized spacial score (nSPS) is 12.8. The van der Waals surface area contributed by atoms with Crippen LogP contribution in [0.1, 0.15) is 10.4 Å². The molecule has 0 aliphatic carbocycles. The van der Waals surface area contributed by atoms with Crippen LogP contribution in [-0.4, -0.2) is 70.4 Å². The van der Waals surface area contributed by atoms with E-state index in [-0.39, 0.29) is 5.91 Å². The lowest BCUT2D eigenvalue weighted by Gasteiger charge is -2.23. The summed E-state index contributed by atoms with van der Waals surface area (Å²) in [4.78, 5) is 22.0. The Labute approximate surface area is 184 Å². The topological polar surface area (TPSA) is 73.4 Å². The van der Waals surface area contributed by atoms with Gasteiger partial charge in [0.15, 0.2) is 16.6 Å². The van der Waals surface area contributed by atoms with Gasteiger partial charge in [-0.05, 0) is 44.4 Å². The monoisotopic (exact) mass is 443 g/mol. The van der Waals surface area contributed by atoms with Crippen LogP contribution in [0, 0.1) is 0 Å². The Balaban J connectivity index is 1.75. The molecule has 0 saturated carbocycles. The minimum atomic E-state index is -0.157. The van der Waals surface area contributed by atoms with Crippen molar-refractivity contribution in [2.24, 2.45) is 0 Å². The standard InChI is InChI=1S/C22H25N3O5S/c1-24(2)9-10-25(21(26)14-5-6-15-18(13-14)30-12-11-29-15)22-23-19-16(27-3)7-8-17(28-4)20(19)31-22/h5-8,13H,9-12H2,1-4H3. The van der Waals surface area contributed by atoms with Crippen LogP contribution in [0.2, 0.25) is 0 Å². The molecule has 0 radical (unpaired) electrons. The zero-order valence-electron chi connectivity index (χ0n) is 18.0. The zero-order chi connectivity index (χ0) is 22.0. The first-order chi connectivity index (χ1) is 15.0. The largest absolute Gasteiger partial charge is 0.495 e. The molecule has 0 unspecified atom stereocenters. The Kier molecular flexibility index (Phi) is 6.15. The van der Waals surface area contributed by atoms with Crippen molar-refractivity contribution in [2.45, 2.75) is 0 Å². The van der Waals surface area contributed by atoms with Crippen LogP contribution in [0.25, 0.3) is 10.2 Å². The maximum atomic E-state index is 13.5. The Morgan fingerprint density at radius 1 is 1.03 bits per heavy atom. The number of methoxy groups -OCH3 is 2. The molecule has 0 fully saturated rings. The van der Waals surface area contributed by atoms with E-state index in [4.69, 9.17) is 23.9 Å². The van der Waals surface area contributed by atoms with E-state index >= 15 is 0 Å². The minimum absolute atomic E-state index is 0.157. The number of likely N-dealkylation sites (N-methyl/N-ethyl adjacent to an activating group) is 1. The van der Waals surface area contributed by atoms with Crippen molar-refractivity contribution in [3.8, 4) is 23.0 Å². The quantitative estimate of drug-likeness (QED) is 0.555. The van der Waals surface area contributed by atoms with Crippen molar-refractivity contribution in [3.05, 3.63) is 35.9 Å². The van der Waals surface area contributed by atoms with Crippen LogP contribution >= 0.6 is 11.3 Å². The fourth-order valence-electron chi connectivity index (χ4n) is 3.31. The smallest absolute Gasteiger partial charge is 0.260 e. The number of fused-ring (bicyclic) bond motifs is 2. The van der Waals surface area contributed by atoms with Gasteiger partial charge in [0.25, 0.3) is 5.91 Å². The lowest BCUT2D eigenvalue weighted by atomic mass is 10.1.